The van der Waals surface area contributed by atoms with Crippen LogP contribution in [0.15, 0.2) is 36.0 Å². The van der Waals surface area contributed by atoms with Crippen LogP contribution in [0.2, 0.25) is 10.0 Å². The van der Waals surface area contributed by atoms with Crippen molar-refractivity contribution in [1.29, 1.82) is 0 Å². The molecular weight excluding hydrogens is 251 g/mol. The second-order valence-electron chi connectivity index (χ2n) is 2.89. The molecule has 1 N–H and O–H groups in total. The monoisotopic (exact) mass is 256 g/mol. The van der Waals surface area contributed by atoms with Gasteiger partial charge in [0, 0.05) is 10.6 Å². The van der Waals surface area contributed by atoms with Crippen molar-refractivity contribution in [3.05, 3.63) is 46.5 Å². The summed E-state index contributed by atoms with van der Waals surface area (Å²) in [6.07, 6.45) is 2.73. The predicted molar refractivity (Wildman–Crippen MR) is 60.2 cm³/mol. The molecular formula is C9H6Cl2N4O. The Morgan fingerprint density at radius 2 is 2.19 bits per heavy atom. The second kappa shape index (κ2) is 4.51. The highest BCUT2D eigenvalue weighted by Crippen LogP contribution is 2.21. The number of halogens is 2. The van der Waals surface area contributed by atoms with Crippen LogP contribution < -0.4 is 0 Å². The van der Waals surface area contributed by atoms with Gasteiger partial charge in [-0.1, -0.05) is 28.4 Å². The standard InChI is InChI=1S/C9H6Cl2N4O/c10-6-1-2-7(8(11)3-6)9(14-16)15-5-12-4-13-15/h1-5,16H. The topological polar surface area (TPSA) is 63.3 Å². The Morgan fingerprint density at radius 1 is 1.38 bits per heavy atom. The molecule has 0 bridgehead atoms. The first-order chi connectivity index (χ1) is 7.72. The Bertz CT molecular complexity index is 524. The average Bonchev–Trinajstić information content (AvgIpc) is 2.75. The van der Waals surface area contributed by atoms with Gasteiger partial charge in [0.05, 0.1) is 5.02 Å². The van der Waals surface area contributed by atoms with Crippen molar-refractivity contribution < 1.29 is 5.21 Å². The van der Waals surface area contributed by atoms with Crippen molar-refractivity contribution in [1.82, 2.24) is 14.8 Å². The minimum Gasteiger partial charge on any atom is -0.409 e. The van der Waals surface area contributed by atoms with Crippen molar-refractivity contribution >= 4 is 29.0 Å². The van der Waals surface area contributed by atoms with E-state index in [0.717, 1.165) is 0 Å². The van der Waals surface area contributed by atoms with Crippen LogP contribution in [0.25, 0.3) is 0 Å². The van der Waals surface area contributed by atoms with Gasteiger partial charge in [-0.3, -0.25) is 0 Å². The summed E-state index contributed by atoms with van der Waals surface area (Å²) < 4.78 is 1.30. The third-order valence-electron chi connectivity index (χ3n) is 1.90. The Balaban J connectivity index is 2.51. The molecule has 5 nitrogen and oxygen atoms in total. The molecule has 0 saturated heterocycles. The quantitative estimate of drug-likeness (QED) is 0.369. The van der Waals surface area contributed by atoms with Gasteiger partial charge in [0.15, 0.2) is 0 Å². The van der Waals surface area contributed by atoms with Crippen LogP contribution in [-0.4, -0.2) is 25.8 Å². The summed E-state index contributed by atoms with van der Waals surface area (Å²) in [5.41, 5.74) is 0.513. The van der Waals surface area contributed by atoms with Gasteiger partial charge in [-0.25, -0.2) is 4.98 Å². The molecule has 16 heavy (non-hydrogen) atoms. The van der Waals surface area contributed by atoms with Gasteiger partial charge in [0.1, 0.15) is 12.7 Å². The largest absolute Gasteiger partial charge is 0.409 e. The Hall–Kier alpha value is -1.59. The maximum absolute atomic E-state index is 8.95. The molecule has 0 aliphatic rings. The number of rotatable bonds is 1. The molecule has 2 rings (SSSR count). The van der Waals surface area contributed by atoms with E-state index in [4.69, 9.17) is 28.4 Å². The summed E-state index contributed by atoms with van der Waals surface area (Å²) in [5.74, 6) is 0.180. The zero-order valence-electron chi connectivity index (χ0n) is 7.88. The highest BCUT2D eigenvalue weighted by atomic mass is 35.5. The van der Waals surface area contributed by atoms with Crippen LogP contribution in [0.1, 0.15) is 5.56 Å². The van der Waals surface area contributed by atoms with Crippen LogP contribution in [-0.2, 0) is 0 Å². The van der Waals surface area contributed by atoms with Crippen LogP contribution in [0, 0.1) is 0 Å². The van der Waals surface area contributed by atoms with Crippen molar-refractivity contribution in [2.75, 3.05) is 0 Å². The molecule has 0 fully saturated rings. The van der Waals surface area contributed by atoms with Gasteiger partial charge < -0.3 is 5.21 Å². The number of hydrogen-bond donors (Lipinski definition) is 1. The van der Waals surface area contributed by atoms with Crippen molar-refractivity contribution in [2.24, 2.45) is 5.16 Å². The molecule has 0 saturated carbocycles. The van der Waals surface area contributed by atoms with Gasteiger partial charge in [-0.05, 0) is 18.2 Å². The van der Waals surface area contributed by atoms with Gasteiger partial charge in [0.25, 0.3) is 0 Å². The van der Waals surface area contributed by atoms with Gasteiger partial charge >= 0.3 is 0 Å². The highest BCUT2D eigenvalue weighted by Gasteiger charge is 2.12. The van der Waals surface area contributed by atoms with E-state index in [-0.39, 0.29) is 5.84 Å². The molecule has 1 aromatic heterocycles. The summed E-state index contributed by atoms with van der Waals surface area (Å²) in [6.45, 7) is 0. The number of hydrogen-bond acceptors (Lipinski definition) is 4. The smallest absolute Gasteiger partial charge is 0.202 e. The molecule has 1 heterocycles. The molecule has 0 unspecified atom stereocenters. The minimum absolute atomic E-state index is 0.180. The van der Waals surface area contributed by atoms with Gasteiger partial charge in [-0.2, -0.15) is 9.78 Å². The predicted octanol–water partition coefficient (Wildman–Crippen LogP) is 2.27. The summed E-state index contributed by atoms with van der Waals surface area (Å²) in [6, 6.07) is 4.84. The maximum Gasteiger partial charge on any atom is 0.202 e. The SMILES string of the molecule is ON=C(c1ccc(Cl)cc1Cl)n1cncn1. The van der Waals surface area contributed by atoms with E-state index < -0.39 is 0 Å². The van der Waals surface area contributed by atoms with Crippen LogP contribution in [0.5, 0.6) is 0 Å². The molecule has 82 valence electrons. The van der Waals surface area contributed by atoms with E-state index in [0.29, 0.717) is 15.6 Å². The van der Waals surface area contributed by atoms with Crippen molar-refractivity contribution in [3.63, 3.8) is 0 Å². The molecule has 0 atom stereocenters. The first-order valence-electron chi connectivity index (χ1n) is 4.25. The van der Waals surface area contributed by atoms with Crippen molar-refractivity contribution in [2.45, 2.75) is 0 Å². The first kappa shape index (κ1) is 10.9. The van der Waals surface area contributed by atoms with E-state index in [1.165, 1.54) is 17.3 Å². The lowest BCUT2D eigenvalue weighted by Gasteiger charge is -2.05. The minimum atomic E-state index is 0.180. The number of aromatic nitrogens is 3. The van der Waals surface area contributed by atoms with Crippen molar-refractivity contribution in [3.8, 4) is 0 Å². The van der Waals surface area contributed by atoms with Gasteiger partial charge in [0.2, 0.25) is 5.84 Å². The molecule has 1 aromatic carbocycles. The molecule has 0 aliphatic carbocycles. The Morgan fingerprint density at radius 3 is 2.75 bits per heavy atom. The van der Waals surface area contributed by atoms with E-state index in [1.54, 1.807) is 18.2 Å². The maximum atomic E-state index is 8.95. The number of oxime groups is 1. The number of benzene rings is 1. The normalized spacial score (nSPS) is 11.8. The fraction of sp³-hybridized carbons (Fsp3) is 0. The zero-order valence-corrected chi connectivity index (χ0v) is 9.39. The summed E-state index contributed by atoms with van der Waals surface area (Å²) in [5, 5.41) is 16.8. The average molecular weight is 257 g/mol. The third kappa shape index (κ3) is 2.00. The summed E-state index contributed by atoms with van der Waals surface area (Å²) in [7, 11) is 0. The number of nitrogens with zero attached hydrogens (tertiary/aromatic N) is 4. The van der Waals surface area contributed by atoms with Crippen LogP contribution in [0.4, 0.5) is 0 Å². The van der Waals surface area contributed by atoms with E-state index in [9.17, 15) is 0 Å². The molecule has 0 amide bonds. The third-order valence-corrected chi connectivity index (χ3v) is 2.45. The molecule has 0 radical (unpaired) electrons. The molecule has 2 aromatic rings. The Kier molecular flexibility index (Phi) is 3.07. The fourth-order valence-electron chi connectivity index (χ4n) is 1.21. The molecule has 7 heteroatoms. The lowest BCUT2D eigenvalue weighted by Crippen LogP contribution is -2.14. The van der Waals surface area contributed by atoms with Gasteiger partial charge in [-0.15, -0.1) is 0 Å². The zero-order chi connectivity index (χ0) is 11.5. The highest BCUT2D eigenvalue weighted by molar-refractivity contribution is 6.37. The molecule has 0 aliphatic heterocycles. The van der Waals surface area contributed by atoms with Crippen LogP contribution >= 0.6 is 23.2 Å². The first-order valence-corrected chi connectivity index (χ1v) is 5.00. The fourth-order valence-corrected chi connectivity index (χ4v) is 1.70. The molecule has 0 spiro atoms. The lowest BCUT2D eigenvalue weighted by molar-refractivity contribution is 0.316. The Labute approximate surface area is 101 Å². The lowest BCUT2D eigenvalue weighted by atomic mass is 10.2. The van der Waals surface area contributed by atoms with E-state index in [2.05, 4.69) is 15.2 Å². The summed E-state index contributed by atoms with van der Waals surface area (Å²) >= 11 is 11.8. The van der Waals surface area contributed by atoms with E-state index >= 15 is 0 Å². The second-order valence-corrected chi connectivity index (χ2v) is 3.73. The summed E-state index contributed by atoms with van der Waals surface area (Å²) in [4.78, 5) is 3.75. The van der Waals surface area contributed by atoms with Crippen LogP contribution in [0.3, 0.4) is 0 Å². The van der Waals surface area contributed by atoms with E-state index in [1.807, 2.05) is 0 Å².